The molecule has 0 saturated heterocycles. The summed E-state index contributed by atoms with van der Waals surface area (Å²) in [5, 5.41) is 5.09. The first-order valence-electron chi connectivity index (χ1n) is 9.77. The van der Waals surface area contributed by atoms with Crippen LogP contribution in [0, 0.1) is 20.8 Å². The van der Waals surface area contributed by atoms with Crippen molar-refractivity contribution in [2.45, 2.75) is 34.1 Å². The van der Waals surface area contributed by atoms with E-state index in [1.165, 1.54) is 5.56 Å². The van der Waals surface area contributed by atoms with Crippen LogP contribution in [-0.4, -0.2) is 24.1 Å². The lowest BCUT2D eigenvalue weighted by molar-refractivity contribution is 0.816. The summed E-state index contributed by atoms with van der Waals surface area (Å²) < 4.78 is 3.78. The van der Waals surface area contributed by atoms with Crippen LogP contribution >= 0.6 is 0 Å². The van der Waals surface area contributed by atoms with Crippen molar-refractivity contribution in [2.75, 3.05) is 0 Å². The summed E-state index contributed by atoms with van der Waals surface area (Å²) in [6.45, 7) is 7.95. The number of benzene rings is 2. The fourth-order valence-corrected chi connectivity index (χ4v) is 3.84. The maximum absolute atomic E-state index is 13.2. The van der Waals surface area contributed by atoms with Crippen molar-refractivity contribution in [2.24, 2.45) is 0 Å². The minimum Gasteiger partial charge on any atom is -0.287 e. The number of aromatic nitrogens is 5. The van der Waals surface area contributed by atoms with Crippen molar-refractivity contribution in [3.05, 3.63) is 75.3 Å². The van der Waals surface area contributed by atoms with Crippen LogP contribution in [0.15, 0.2) is 47.3 Å². The van der Waals surface area contributed by atoms with E-state index in [1.807, 2.05) is 34.7 Å². The summed E-state index contributed by atoms with van der Waals surface area (Å²) in [4.78, 5) is 22.9. The Hall–Kier alpha value is -3.54. The SMILES string of the molecule is CCc1nc2c(c(=O)c(C)nn2-c2ccc(C)c(C)c2)c2nc3ccccc3n12. The lowest BCUT2D eigenvalue weighted by Gasteiger charge is -2.14. The van der Waals surface area contributed by atoms with Gasteiger partial charge in [-0.2, -0.15) is 5.10 Å². The fourth-order valence-electron chi connectivity index (χ4n) is 3.84. The monoisotopic (exact) mass is 383 g/mol. The van der Waals surface area contributed by atoms with Gasteiger partial charge in [0.05, 0.1) is 16.7 Å². The van der Waals surface area contributed by atoms with Gasteiger partial charge in [0.1, 0.15) is 16.9 Å². The second-order valence-electron chi connectivity index (χ2n) is 7.43. The van der Waals surface area contributed by atoms with Crippen LogP contribution in [0.2, 0.25) is 0 Å². The van der Waals surface area contributed by atoms with Crippen LogP contribution in [0.4, 0.5) is 0 Å². The van der Waals surface area contributed by atoms with E-state index in [9.17, 15) is 4.79 Å². The highest BCUT2D eigenvalue weighted by molar-refractivity contribution is 5.95. The quantitative estimate of drug-likeness (QED) is 0.461. The number of aryl methyl sites for hydroxylation is 4. The molecule has 5 rings (SSSR count). The number of imidazole rings is 1. The zero-order valence-corrected chi connectivity index (χ0v) is 16.9. The first-order chi connectivity index (χ1) is 14.0. The highest BCUT2D eigenvalue weighted by Crippen LogP contribution is 2.25. The summed E-state index contributed by atoms with van der Waals surface area (Å²) >= 11 is 0. The molecule has 0 saturated carbocycles. The molecule has 0 aliphatic heterocycles. The molecule has 6 heteroatoms. The molecule has 6 nitrogen and oxygen atoms in total. The first kappa shape index (κ1) is 17.6. The normalized spacial score (nSPS) is 11.7. The zero-order valence-electron chi connectivity index (χ0n) is 16.9. The number of para-hydroxylation sites is 2. The average Bonchev–Trinajstić information content (AvgIpc) is 3.11. The molecule has 144 valence electrons. The lowest BCUT2D eigenvalue weighted by Crippen LogP contribution is -2.19. The van der Waals surface area contributed by atoms with E-state index in [1.54, 1.807) is 11.6 Å². The van der Waals surface area contributed by atoms with E-state index in [2.05, 4.69) is 38.0 Å². The molecule has 0 unspecified atom stereocenters. The van der Waals surface area contributed by atoms with Crippen LogP contribution in [-0.2, 0) is 6.42 Å². The molecular formula is C23H21N5O. The summed E-state index contributed by atoms with van der Waals surface area (Å²) in [5.41, 5.74) is 6.55. The molecule has 0 radical (unpaired) electrons. The summed E-state index contributed by atoms with van der Waals surface area (Å²) in [6, 6.07) is 14.1. The van der Waals surface area contributed by atoms with Gasteiger partial charge in [0.2, 0.25) is 5.43 Å². The van der Waals surface area contributed by atoms with E-state index >= 15 is 0 Å². The molecule has 0 atom stereocenters. The Bertz CT molecular complexity index is 1490. The molecule has 2 aromatic carbocycles. The van der Waals surface area contributed by atoms with Gasteiger partial charge in [-0.05, 0) is 56.2 Å². The standard InChI is InChI=1S/C23H21N5O/c1-5-19-25-23-20(22-24-17-8-6-7-9-18(17)27(19)22)21(29)15(4)26-28(23)16-11-10-13(2)14(3)12-16/h6-12H,5H2,1-4H3. The highest BCUT2D eigenvalue weighted by Gasteiger charge is 2.20. The number of rotatable bonds is 2. The van der Waals surface area contributed by atoms with E-state index < -0.39 is 0 Å². The van der Waals surface area contributed by atoms with Gasteiger partial charge in [0, 0.05) is 6.42 Å². The Labute approximate surface area is 167 Å². The van der Waals surface area contributed by atoms with Crippen molar-refractivity contribution < 1.29 is 0 Å². The minimum atomic E-state index is -0.129. The van der Waals surface area contributed by atoms with Crippen LogP contribution in [0.5, 0.6) is 0 Å². The van der Waals surface area contributed by atoms with Crippen LogP contribution in [0.25, 0.3) is 33.4 Å². The molecule has 5 aromatic rings. The second-order valence-corrected chi connectivity index (χ2v) is 7.43. The molecule has 0 aliphatic rings. The van der Waals surface area contributed by atoms with Gasteiger partial charge in [-0.25, -0.2) is 14.6 Å². The van der Waals surface area contributed by atoms with Gasteiger partial charge in [-0.15, -0.1) is 0 Å². The predicted molar refractivity (Wildman–Crippen MR) is 115 cm³/mol. The average molecular weight is 383 g/mol. The third kappa shape index (κ3) is 2.49. The summed E-state index contributed by atoms with van der Waals surface area (Å²) in [5.74, 6) is 0.851. The van der Waals surface area contributed by atoms with Crippen LogP contribution < -0.4 is 5.43 Å². The first-order valence-corrected chi connectivity index (χ1v) is 9.77. The van der Waals surface area contributed by atoms with Gasteiger partial charge in [-0.1, -0.05) is 25.1 Å². The Morgan fingerprint density at radius 2 is 1.72 bits per heavy atom. The molecule has 3 aromatic heterocycles. The molecule has 0 bridgehead atoms. The van der Waals surface area contributed by atoms with Crippen molar-refractivity contribution in [3.63, 3.8) is 0 Å². The molecule has 0 N–H and O–H groups in total. The Kier molecular flexibility index (Phi) is 3.77. The number of hydrogen-bond acceptors (Lipinski definition) is 4. The molecule has 0 spiro atoms. The van der Waals surface area contributed by atoms with Crippen molar-refractivity contribution >= 4 is 27.7 Å². The van der Waals surface area contributed by atoms with E-state index in [0.29, 0.717) is 28.8 Å². The van der Waals surface area contributed by atoms with E-state index in [4.69, 9.17) is 9.97 Å². The Balaban J connectivity index is 2.01. The lowest BCUT2D eigenvalue weighted by atomic mass is 10.1. The Morgan fingerprint density at radius 3 is 2.48 bits per heavy atom. The zero-order chi connectivity index (χ0) is 20.3. The Morgan fingerprint density at radius 1 is 0.931 bits per heavy atom. The van der Waals surface area contributed by atoms with Gasteiger partial charge in [0.15, 0.2) is 11.3 Å². The maximum Gasteiger partial charge on any atom is 0.216 e. The van der Waals surface area contributed by atoms with E-state index in [-0.39, 0.29) is 5.43 Å². The molecule has 29 heavy (non-hydrogen) atoms. The number of nitrogens with zero attached hydrogens (tertiary/aromatic N) is 5. The molecule has 0 fully saturated rings. The third-order valence-corrected chi connectivity index (χ3v) is 5.56. The smallest absolute Gasteiger partial charge is 0.216 e. The summed E-state index contributed by atoms with van der Waals surface area (Å²) in [6.07, 6.45) is 0.710. The predicted octanol–water partition coefficient (Wildman–Crippen LogP) is 4.07. The minimum absolute atomic E-state index is 0.129. The van der Waals surface area contributed by atoms with Gasteiger partial charge < -0.3 is 0 Å². The second kappa shape index (κ2) is 6.24. The molecule has 0 amide bonds. The fraction of sp³-hybridized carbons (Fsp3) is 0.217. The summed E-state index contributed by atoms with van der Waals surface area (Å²) in [7, 11) is 0. The third-order valence-electron chi connectivity index (χ3n) is 5.56. The topological polar surface area (TPSA) is 65.1 Å². The van der Waals surface area contributed by atoms with Gasteiger partial charge >= 0.3 is 0 Å². The largest absolute Gasteiger partial charge is 0.287 e. The highest BCUT2D eigenvalue weighted by atomic mass is 16.1. The number of fused-ring (bicyclic) bond motifs is 5. The van der Waals surface area contributed by atoms with E-state index in [0.717, 1.165) is 28.1 Å². The van der Waals surface area contributed by atoms with Gasteiger partial charge in [0.25, 0.3) is 0 Å². The van der Waals surface area contributed by atoms with Crippen molar-refractivity contribution in [1.29, 1.82) is 0 Å². The van der Waals surface area contributed by atoms with Crippen LogP contribution in [0.1, 0.15) is 29.6 Å². The molecule has 3 heterocycles. The number of hydrogen-bond donors (Lipinski definition) is 0. The van der Waals surface area contributed by atoms with Crippen molar-refractivity contribution in [1.82, 2.24) is 24.1 Å². The van der Waals surface area contributed by atoms with Crippen LogP contribution in [0.3, 0.4) is 0 Å². The van der Waals surface area contributed by atoms with Gasteiger partial charge in [-0.3, -0.25) is 9.20 Å². The molecule has 0 aliphatic carbocycles. The molecular weight excluding hydrogens is 362 g/mol. The maximum atomic E-state index is 13.2. The van der Waals surface area contributed by atoms with Crippen molar-refractivity contribution in [3.8, 4) is 5.69 Å².